The second-order valence-electron chi connectivity index (χ2n) is 4.18. The summed E-state index contributed by atoms with van der Waals surface area (Å²) in [7, 11) is 0. The van der Waals surface area contributed by atoms with Gasteiger partial charge in [0.1, 0.15) is 6.33 Å². The predicted octanol–water partition coefficient (Wildman–Crippen LogP) is 1.70. The second-order valence-corrected chi connectivity index (χ2v) is 4.18. The fourth-order valence-electron chi connectivity index (χ4n) is 2.47. The second kappa shape index (κ2) is 4.89. The molecule has 0 radical (unpaired) electrons. The minimum absolute atomic E-state index is 0.108. The molecule has 0 spiro atoms. The zero-order chi connectivity index (χ0) is 11.4. The highest BCUT2D eigenvalue weighted by Gasteiger charge is 2.40. The highest BCUT2D eigenvalue weighted by atomic mass is 16.5. The molecule has 1 aliphatic heterocycles. The molecule has 0 aliphatic carbocycles. The van der Waals surface area contributed by atoms with Gasteiger partial charge in [-0.25, -0.2) is 9.97 Å². The fraction of sp³-hybridized carbons (Fsp3) is 0.667. The van der Waals surface area contributed by atoms with Crippen molar-refractivity contribution in [2.45, 2.75) is 38.3 Å². The van der Waals surface area contributed by atoms with Crippen molar-refractivity contribution in [3.05, 3.63) is 24.3 Å². The molecule has 0 bridgehead atoms. The maximum absolute atomic E-state index is 6.01. The highest BCUT2D eigenvalue weighted by molar-refractivity contribution is 5.16. The topological polar surface area (TPSA) is 47.0 Å². The lowest BCUT2D eigenvalue weighted by molar-refractivity contribution is -0.103. The Labute approximate surface area is 96.4 Å². The fourth-order valence-corrected chi connectivity index (χ4v) is 2.47. The first-order valence-electron chi connectivity index (χ1n) is 5.94. The average molecular weight is 221 g/mol. The quantitative estimate of drug-likeness (QED) is 0.844. The summed E-state index contributed by atoms with van der Waals surface area (Å²) in [4.78, 5) is 8.17. The van der Waals surface area contributed by atoms with Crippen molar-refractivity contribution in [1.29, 1.82) is 0 Å². The largest absolute Gasteiger partial charge is 0.372 e. The zero-order valence-electron chi connectivity index (χ0n) is 9.94. The molecule has 1 N–H and O–H groups in total. The number of nitrogens with zero attached hydrogens (tertiary/aromatic N) is 2. The van der Waals surface area contributed by atoms with E-state index in [0.717, 1.165) is 31.6 Å². The van der Waals surface area contributed by atoms with Gasteiger partial charge in [-0.05, 0) is 12.8 Å². The third-order valence-corrected chi connectivity index (χ3v) is 3.48. The van der Waals surface area contributed by atoms with E-state index in [1.54, 1.807) is 6.33 Å². The van der Waals surface area contributed by atoms with Crippen molar-refractivity contribution in [1.82, 2.24) is 15.3 Å². The van der Waals surface area contributed by atoms with Crippen LogP contribution in [0.3, 0.4) is 0 Å². The van der Waals surface area contributed by atoms with Gasteiger partial charge in [-0.3, -0.25) is 0 Å². The molecule has 1 unspecified atom stereocenters. The molecule has 88 valence electrons. The van der Waals surface area contributed by atoms with Crippen LogP contribution in [0.5, 0.6) is 0 Å². The van der Waals surface area contributed by atoms with Gasteiger partial charge in [0.25, 0.3) is 0 Å². The van der Waals surface area contributed by atoms with Crippen LogP contribution in [0.15, 0.2) is 18.7 Å². The van der Waals surface area contributed by atoms with E-state index < -0.39 is 0 Å². The van der Waals surface area contributed by atoms with Gasteiger partial charge < -0.3 is 10.1 Å². The van der Waals surface area contributed by atoms with E-state index >= 15 is 0 Å². The standard InChI is InChI=1S/C12H19N3O/c1-3-12(4-2)11(15-5-6-16-12)10-7-13-9-14-8-10/h7-9,11,15H,3-6H2,1-2H3. The molecule has 1 aromatic heterocycles. The maximum Gasteiger partial charge on any atom is 0.115 e. The van der Waals surface area contributed by atoms with Crippen LogP contribution in [0, 0.1) is 0 Å². The van der Waals surface area contributed by atoms with Crippen LogP contribution < -0.4 is 5.32 Å². The number of aromatic nitrogens is 2. The zero-order valence-corrected chi connectivity index (χ0v) is 9.94. The van der Waals surface area contributed by atoms with Crippen molar-refractivity contribution in [2.75, 3.05) is 13.2 Å². The van der Waals surface area contributed by atoms with Crippen molar-refractivity contribution < 1.29 is 4.74 Å². The van der Waals surface area contributed by atoms with Crippen molar-refractivity contribution in [3.8, 4) is 0 Å². The Morgan fingerprint density at radius 1 is 1.38 bits per heavy atom. The monoisotopic (exact) mass is 221 g/mol. The van der Waals surface area contributed by atoms with Crippen LogP contribution >= 0.6 is 0 Å². The van der Waals surface area contributed by atoms with E-state index in [1.807, 2.05) is 12.4 Å². The lowest BCUT2D eigenvalue weighted by atomic mass is 9.84. The van der Waals surface area contributed by atoms with Crippen LogP contribution in [0.25, 0.3) is 0 Å². The summed E-state index contributed by atoms with van der Waals surface area (Å²) in [5.41, 5.74) is 1.01. The molecule has 0 amide bonds. The smallest absolute Gasteiger partial charge is 0.115 e. The molecule has 1 saturated heterocycles. The SMILES string of the molecule is CCC1(CC)OCCNC1c1cncnc1. The normalized spacial score (nSPS) is 24.2. The maximum atomic E-state index is 6.01. The first-order chi connectivity index (χ1) is 7.82. The highest BCUT2D eigenvalue weighted by Crippen LogP contribution is 2.36. The Hall–Kier alpha value is -1.00. The lowest BCUT2D eigenvalue weighted by Gasteiger charge is -2.43. The molecular formula is C12H19N3O. The molecule has 0 saturated carbocycles. The molecule has 1 aliphatic rings. The Bertz CT molecular complexity index is 324. The lowest BCUT2D eigenvalue weighted by Crippen LogP contribution is -2.51. The van der Waals surface area contributed by atoms with Crippen LogP contribution in [0.2, 0.25) is 0 Å². The van der Waals surface area contributed by atoms with Gasteiger partial charge in [0.2, 0.25) is 0 Å². The molecule has 4 heteroatoms. The number of hydrogen-bond acceptors (Lipinski definition) is 4. The van der Waals surface area contributed by atoms with Gasteiger partial charge >= 0.3 is 0 Å². The molecule has 1 fully saturated rings. The van der Waals surface area contributed by atoms with E-state index in [9.17, 15) is 0 Å². The van der Waals surface area contributed by atoms with Crippen LogP contribution in [-0.4, -0.2) is 28.7 Å². The third kappa shape index (κ3) is 1.95. The molecule has 16 heavy (non-hydrogen) atoms. The van der Waals surface area contributed by atoms with Gasteiger partial charge in [0.05, 0.1) is 18.2 Å². The summed E-state index contributed by atoms with van der Waals surface area (Å²) in [5.74, 6) is 0. The molecule has 0 aromatic carbocycles. The average Bonchev–Trinajstić information content (AvgIpc) is 2.39. The van der Waals surface area contributed by atoms with Gasteiger partial charge in [0, 0.05) is 24.5 Å². The number of morpholine rings is 1. The van der Waals surface area contributed by atoms with Gasteiger partial charge in [-0.1, -0.05) is 13.8 Å². The minimum Gasteiger partial charge on any atom is -0.372 e. The van der Waals surface area contributed by atoms with Crippen molar-refractivity contribution >= 4 is 0 Å². The van der Waals surface area contributed by atoms with E-state index in [4.69, 9.17) is 4.74 Å². The molecule has 1 aromatic rings. The summed E-state index contributed by atoms with van der Waals surface area (Å²) in [5, 5.41) is 3.52. The summed E-state index contributed by atoms with van der Waals surface area (Å²) >= 11 is 0. The molecule has 2 rings (SSSR count). The van der Waals surface area contributed by atoms with Gasteiger partial charge in [-0.15, -0.1) is 0 Å². The number of hydrogen-bond donors (Lipinski definition) is 1. The van der Waals surface area contributed by atoms with Crippen molar-refractivity contribution in [2.24, 2.45) is 0 Å². The first-order valence-corrected chi connectivity index (χ1v) is 5.94. The van der Waals surface area contributed by atoms with E-state index in [0.29, 0.717) is 0 Å². The Morgan fingerprint density at radius 3 is 2.69 bits per heavy atom. The van der Waals surface area contributed by atoms with E-state index in [1.165, 1.54) is 0 Å². The third-order valence-electron chi connectivity index (χ3n) is 3.48. The molecule has 1 atom stereocenters. The van der Waals surface area contributed by atoms with Crippen LogP contribution in [-0.2, 0) is 4.74 Å². The Balaban J connectivity index is 2.29. The van der Waals surface area contributed by atoms with Crippen LogP contribution in [0.4, 0.5) is 0 Å². The number of nitrogens with one attached hydrogen (secondary N) is 1. The van der Waals surface area contributed by atoms with Crippen molar-refractivity contribution in [3.63, 3.8) is 0 Å². The number of ether oxygens (including phenoxy) is 1. The summed E-state index contributed by atoms with van der Waals surface area (Å²) in [6, 6.07) is 0.206. The summed E-state index contributed by atoms with van der Waals surface area (Å²) < 4.78 is 6.01. The van der Waals surface area contributed by atoms with E-state index in [2.05, 4.69) is 29.1 Å². The Morgan fingerprint density at radius 2 is 2.06 bits per heavy atom. The number of rotatable bonds is 3. The van der Waals surface area contributed by atoms with Gasteiger partial charge in [0.15, 0.2) is 0 Å². The summed E-state index contributed by atoms with van der Waals surface area (Å²) in [6.07, 6.45) is 7.30. The van der Waals surface area contributed by atoms with Gasteiger partial charge in [-0.2, -0.15) is 0 Å². The van der Waals surface area contributed by atoms with E-state index in [-0.39, 0.29) is 11.6 Å². The minimum atomic E-state index is -0.108. The first kappa shape index (κ1) is 11.5. The molecule has 2 heterocycles. The van der Waals surface area contributed by atoms with Crippen LogP contribution in [0.1, 0.15) is 38.3 Å². The predicted molar refractivity (Wildman–Crippen MR) is 62.0 cm³/mol. The summed E-state index contributed by atoms with van der Waals surface area (Å²) in [6.45, 7) is 6.02. The molecule has 4 nitrogen and oxygen atoms in total. The molecular weight excluding hydrogens is 202 g/mol. The Kier molecular flexibility index (Phi) is 3.51.